The number of hydrogen-bond donors (Lipinski definition) is 4. The molecule has 0 aliphatic rings. The molecule has 8 heteroatoms. The van der Waals surface area contributed by atoms with Gasteiger partial charge < -0.3 is 20.4 Å². The maximum absolute atomic E-state index is 11.9. The fraction of sp³-hybridized carbons (Fsp3) is 0.644. The highest BCUT2D eigenvalue weighted by Crippen LogP contribution is 2.29. The molecule has 298 valence electrons. The Morgan fingerprint density at radius 1 is 0.491 bits per heavy atom. The van der Waals surface area contributed by atoms with Crippen molar-refractivity contribution >= 4 is 23.9 Å². The highest BCUT2D eigenvalue weighted by molar-refractivity contribution is 6.03. The van der Waals surface area contributed by atoms with Gasteiger partial charge in [0.15, 0.2) is 0 Å². The third-order valence-corrected chi connectivity index (χ3v) is 10.3. The molecular formula is C45H70O8. The molecule has 1 unspecified atom stereocenters. The molecular weight excluding hydrogens is 668 g/mol. The van der Waals surface area contributed by atoms with E-state index in [1.165, 1.54) is 37.8 Å². The van der Waals surface area contributed by atoms with Crippen molar-refractivity contribution in [1.29, 1.82) is 0 Å². The van der Waals surface area contributed by atoms with Crippen LogP contribution in [-0.4, -0.2) is 44.3 Å². The van der Waals surface area contributed by atoms with Gasteiger partial charge in [-0.25, -0.2) is 19.2 Å². The van der Waals surface area contributed by atoms with Crippen LogP contribution >= 0.6 is 0 Å². The number of aryl methyl sites for hydroxylation is 2. The van der Waals surface area contributed by atoms with Crippen LogP contribution in [0.25, 0.3) is 0 Å². The SMILES string of the molecule is CCCCCCc1ccc(C(=O)O)c(C(=O)O)c1CC(CC)CCCC.CCCCCCc1ccc(C(=O)O)c(C(=O)O)c1CCCCCCC(C)C. The first-order valence-corrected chi connectivity index (χ1v) is 20.6. The summed E-state index contributed by atoms with van der Waals surface area (Å²) < 4.78 is 0. The van der Waals surface area contributed by atoms with E-state index in [-0.39, 0.29) is 22.3 Å². The van der Waals surface area contributed by atoms with E-state index in [9.17, 15) is 39.6 Å². The Balaban J connectivity index is 0.000000530. The van der Waals surface area contributed by atoms with E-state index in [0.717, 1.165) is 119 Å². The van der Waals surface area contributed by atoms with Crippen LogP contribution in [-0.2, 0) is 25.7 Å². The number of rotatable bonds is 27. The molecule has 0 saturated carbocycles. The van der Waals surface area contributed by atoms with Gasteiger partial charge in [0.1, 0.15) is 0 Å². The normalized spacial score (nSPS) is 11.6. The summed E-state index contributed by atoms with van der Waals surface area (Å²) in [6.07, 6.45) is 21.6. The number of unbranched alkanes of at least 4 members (excludes halogenated alkanes) is 10. The molecule has 0 fully saturated rings. The molecule has 0 aliphatic heterocycles. The minimum atomic E-state index is -1.16. The predicted octanol–water partition coefficient (Wildman–Crippen LogP) is 12.3. The topological polar surface area (TPSA) is 149 Å². The minimum Gasteiger partial charge on any atom is -0.478 e. The van der Waals surface area contributed by atoms with Gasteiger partial charge in [-0.3, -0.25) is 0 Å². The second-order valence-corrected chi connectivity index (χ2v) is 15.1. The summed E-state index contributed by atoms with van der Waals surface area (Å²) in [5.41, 5.74) is 3.33. The number of carboxylic acids is 4. The Morgan fingerprint density at radius 3 is 1.36 bits per heavy atom. The summed E-state index contributed by atoms with van der Waals surface area (Å²) in [7, 11) is 0. The quantitative estimate of drug-likeness (QED) is 0.0662. The van der Waals surface area contributed by atoms with Crippen LogP contribution in [0.5, 0.6) is 0 Å². The summed E-state index contributed by atoms with van der Waals surface area (Å²) >= 11 is 0. The van der Waals surface area contributed by atoms with Crippen molar-refractivity contribution in [2.75, 3.05) is 0 Å². The zero-order valence-electron chi connectivity index (χ0n) is 33.7. The fourth-order valence-corrected chi connectivity index (χ4v) is 7.14. The summed E-state index contributed by atoms with van der Waals surface area (Å²) in [4.78, 5) is 46.8. The van der Waals surface area contributed by atoms with Gasteiger partial charge in [-0.2, -0.15) is 0 Å². The summed E-state index contributed by atoms with van der Waals surface area (Å²) in [5, 5.41) is 38.2. The average molecular weight is 739 g/mol. The lowest BCUT2D eigenvalue weighted by molar-refractivity contribution is 0.0650. The largest absolute Gasteiger partial charge is 0.478 e. The van der Waals surface area contributed by atoms with Crippen LogP contribution in [0, 0.1) is 11.8 Å². The van der Waals surface area contributed by atoms with Gasteiger partial charge in [-0.15, -0.1) is 0 Å². The van der Waals surface area contributed by atoms with Crippen molar-refractivity contribution in [3.05, 3.63) is 68.8 Å². The lowest BCUT2D eigenvalue weighted by Crippen LogP contribution is -2.16. The van der Waals surface area contributed by atoms with Crippen LogP contribution in [0.15, 0.2) is 24.3 Å². The molecule has 0 aromatic heterocycles. The van der Waals surface area contributed by atoms with E-state index in [2.05, 4.69) is 41.5 Å². The Kier molecular flexibility index (Phi) is 24.1. The molecule has 0 saturated heterocycles. The zero-order valence-corrected chi connectivity index (χ0v) is 33.7. The van der Waals surface area contributed by atoms with Crippen LogP contribution in [0.2, 0.25) is 0 Å². The minimum absolute atomic E-state index is 0.000407. The van der Waals surface area contributed by atoms with Crippen molar-refractivity contribution < 1.29 is 39.6 Å². The van der Waals surface area contributed by atoms with Gasteiger partial charge in [0.25, 0.3) is 0 Å². The molecule has 0 bridgehead atoms. The van der Waals surface area contributed by atoms with Gasteiger partial charge in [0.05, 0.1) is 22.3 Å². The van der Waals surface area contributed by atoms with E-state index in [4.69, 9.17) is 0 Å². The molecule has 53 heavy (non-hydrogen) atoms. The van der Waals surface area contributed by atoms with Gasteiger partial charge in [0.2, 0.25) is 0 Å². The van der Waals surface area contributed by atoms with Gasteiger partial charge in [0, 0.05) is 0 Å². The number of benzene rings is 2. The maximum Gasteiger partial charge on any atom is 0.336 e. The highest BCUT2D eigenvalue weighted by Gasteiger charge is 2.25. The van der Waals surface area contributed by atoms with E-state index in [1.54, 1.807) is 0 Å². The van der Waals surface area contributed by atoms with Crippen molar-refractivity contribution in [3.63, 3.8) is 0 Å². The standard InChI is InChI=1S/C23H36O4.C22H34O4/c1-4-5-6-10-13-18-15-16-20(22(24)25)21(23(26)27)19(18)14-11-8-7-9-12-17(2)3;1-4-7-9-10-12-17-13-14-18(21(23)24)20(22(25)26)19(17)15-16(6-3)11-8-5-2/h15-17H,4-14H2,1-3H3,(H,24,25)(H,26,27);13-14,16H,4-12,15H2,1-3H3,(H,23,24)(H,25,26). The lowest BCUT2D eigenvalue weighted by atomic mass is 9.84. The van der Waals surface area contributed by atoms with Gasteiger partial charge in [-0.1, -0.05) is 144 Å². The number of carbonyl (C=O) groups is 4. The third kappa shape index (κ3) is 17.3. The van der Waals surface area contributed by atoms with Crippen LogP contribution in [0.4, 0.5) is 0 Å². The lowest BCUT2D eigenvalue weighted by Gasteiger charge is -2.20. The van der Waals surface area contributed by atoms with E-state index in [0.29, 0.717) is 24.7 Å². The maximum atomic E-state index is 11.9. The highest BCUT2D eigenvalue weighted by atomic mass is 16.4. The molecule has 0 radical (unpaired) electrons. The van der Waals surface area contributed by atoms with Crippen molar-refractivity contribution in [2.45, 2.75) is 176 Å². The zero-order chi connectivity index (χ0) is 39.8. The van der Waals surface area contributed by atoms with Crippen molar-refractivity contribution in [2.24, 2.45) is 11.8 Å². The molecule has 0 amide bonds. The summed E-state index contributed by atoms with van der Waals surface area (Å²) in [5.74, 6) is -3.47. The smallest absolute Gasteiger partial charge is 0.336 e. The Morgan fingerprint density at radius 2 is 0.925 bits per heavy atom. The van der Waals surface area contributed by atoms with Crippen molar-refractivity contribution in [1.82, 2.24) is 0 Å². The third-order valence-electron chi connectivity index (χ3n) is 10.3. The van der Waals surface area contributed by atoms with Crippen LogP contribution < -0.4 is 0 Å². The molecule has 0 heterocycles. The first-order valence-electron chi connectivity index (χ1n) is 20.6. The molecule has 8 nitrogen and oxygen atoms in total. The molecule has 0 aliphatic carbocycles. The molecule has 2 aromatic rings. The van der Waals surface area contributed by atoms with Gasteiger partial charge >= 0.3 is 23.9 Å². The molecule has 4 N–H and O–H groups in total. The molecule has 0 spiro atoms. The molecule has 2 rings (SSSR count). The number of hydrogen-bond acceptors (Lipinski definition) is 4. The Hall–Kier alpha value is -3.68. The van der Waals surface area contributed by atoms with E-state index < -0.39 is 23.9 Å². The van der Waals surface area contributed by atoms with Gasteiger partial charge in [-0.05, 0) is 91.2 Å². The summed E-state index contributed by atoms with van der Waals surface area (Å²) in [6.45, 7) is 13.1. The first-order chi connectivity index (χ1) is 25.3. The van der Waals surface area contributed by atoms with Crippen molar-refractivity contribution in [3.8, 4) is 0 Å². The second kappa shape index (κ2) is 27.0. The monoisotopic (exact) mass is 739 g/mol. The second-order valence-electron chi connectivity index (χ2n) is 15.1. The van der Waals surface area contributed by atoms with Crippen LogP contribution in [0.3, 0.4) is 0 Å². The number of carboxylic acid groups (broad SMARTS) is 4. The van der Waals surface area contributed by atoms with E-state index >= 15 is 0 Å². The molecule has 2 aromatic carbocycles. The van der Waals surface area contributed by atoms with E-state index in [1.807, 2.05) is 12.1 Å². The first kappa shape index (κ1) is 47.3. The average Bonchev–Trinajstić information content (AvgIpc) is 3.11. The Labute approximate surface area is 319 Å². The predicted molar refractivity (Wildman–Crippen MR) is 215 cm³/mol. The fourth-order valence-electron chi connectivity index (χ4n) is 7.14. The Bertz CT molecular complexity index is 1410. The van der Waals surface area contributed by atoms with Crippen LogP contribution in [0.1, 0.15) is 214 Å². The summed E-state index contributed by atoms with van der Waals surface area (Å²) in [6, 6.07) is 6.60. The number of aromatic carboxylic acids is 4. The molecule has 1 atom stereocenters.